The molecule has 0 aliphatic heterocycles. The molecule has 11 nitrogen and oxygen atoms in total. The molecule has 1 amide bonds. The molecule has 4 rings (SSSR count). The van der Waals surface area contributed by atoms with Crippen LogP contribution >= 0.6 is 0 Å². The Hall–Kier alpha value is -3.67. The minimum absolute atomic E-state index is 0.161. The van der Waals surface area contributed by atoms with Crippen LogP contribution in [0.2, 0.25) is 0 Å². The number of alkyl carbamates (subject to hydrolysis) is 1. The monoisotopic (exact) mass is 570 g/mol. The number of aromatic nitrogens is 3. The van der Waals surface area contributed by atoms with Gasteiger partial charge in [-0.25, -0.2) is 18.2 Å². The first-order valence-corrected chi connectivity index (χ1v) is 15.1. The second kappa shape index (κ2) is 11.1. The van der Waals surface area contributed by atoms with Crippen LogP contribution in [0.1, 0.15) is 52.5 Å². The predicted octanol–water partition coefficient (Wildman–Crippen LogP) is 4.58. The van der Waals surface area contributed by atoms with Crippen LogP contribution in [0.5, 0.6) is 0 Å². The standard InChI is InChI=1S/C28H38N6O5S/c1-18-13-21(18)17-29-22-14-20(15-23(30-22)34(6)40(7,36)37)24-32-33-25(38-24)28(5,16-19-11-9-8-10-12-19)31-26(35)39-27(2,3)4/h8-12,14-15,18,21H,13,16-17H2,1-7H3,(H,29,30)(H,31,35)/t18-,21+,28-/m1/s1. The number of hydrogen-bond donors (Lipinski definition) is 2. The van der Waals surface area contributed by atoms with Gasteiger partial charge in [-0.1, -0.05) is 37.3 Å². The van der Waals surface area contributed by atoms with E-state index >= 15 is 0 Å². The molecule has 1 aliphatic rings. The van der Waals surface area contributed by atoms with E-state index in [1.807, 2.05) is 30.3 Å². The van der Waals surface area contributed by atoms with Crippen LogP contribution in [0, 0.1) is 11.8 Å². The van der Waals surface area contributed by atoms with Gasteiger partial charge in [0.1, 0.15) is 22.8 Å². The molecule has 12 heteroatoms. The summed E-state index contributed by atoms with van der Waals surface area (Å²) in [5.74, 6) is 2.24. The Bertz CT molecular complexity index is 1450. The highest BCUT2D eigenvalue weighted by molar-refractivity contribution is 7.92. The highest BCUT2D eigenvalue weighted by Gasteiger charge is 2.37. The Morgan fingerprint density at radius 2 is 1.82 bits per heavy atom. The Kier molecular flexibility index (Phi) is 8.11. The summed E-state index contributed by atoms with van der Waals surface area (Å²) in [4.78, 5) is 17.3. The van der Waals surface area contributed by atoms with Crippen molar-refractivity contribution in [3.63, 3.8) is 0 Å². The molecule has 3 atom stereocenters. The molecule has 0 radical (unpaired) electrons. The van der Waals surface area contributed by atoms with Crippen molar-refractivity contribution in [3.05, 3.63) is 53.9 Å². The first-order valence-electron chi connectivity index (χ1n) is 13.2. The zero-order chi connectivity index (χ0) is 29.3. The van der Waals surface area contributed by atoms with Crippen LogP contribution in [-0.2, 0) is 26.7 Å². The molecule has 3 aromatic rings. The Labute approximate surface area is 235 Å². The number of nitrogens with zero attached hydrogens (tertiary/aromatic N) is 4. The first-order chi connectivity index (χ1) is 18.6. The number of pyridine rings is 1. The third-order valence-corrected chi connectivity index (χ3v) is 7.96. The lowest BCUT2D eigenvalue weighted by atomic mass is 9.92. The van der Waals surface area contributed by atoms with E-state index in [0.717, 1.165) is 29.1 Å². The van der Waals surface area contributed by atoms with Gasteiger partial charge >= 0.3 is 6.09 Å². The molecule has 0 bridgehead atoms. The third kappa shape index (κ3) is 7.50. The molecule has 2 N–H and O–H groups in total. The van der Waals surface area contributed by atoms with Crippen molar-refractivity contribution >= 4 is 27.8 Å². The number of sulfonamides is 1. The number of ether oxygens (including phenoxy) is 1. The number of amides is 1. The Morgan fingerprint density at radius 1 is 1.15 bits per heavy atom. The van der Waals surface area contributed by atoms with E-state index < -0.39 is 27.3 Å². The van der Waals surface area contributed by atoms with E-state index in [1.165, 1.54) is 7.05 Å². The summed E-state index contributed by atoms with van der Waals surface area (Å²) in [6, 6.07) is 13.0. The van der Waals surface area contributed by atoms with Crippen LogP contribution < -0.4 is 14.9 Å². The average molecular weight is 571 g/mol. The smallest absolute Gasteiger partial charge is 0.408 e. The second-order valence-electron chi connectivity index (χ2n) is 11.7. The van der Waals surface area contributed by atoms with Gasteiger partial charge in [-0.2, -0.15) is 0 Å². The van der Waals surface area contributed by atoms with Crippen molar-refractivity contribution in [2.24, 2.45) is 11.8 Å². The minimum Gasteiger partial charge on any atom is -0.444 e. The molecule has 0 saturated heterocycles. The molecule has 0 spiro atoms. The predicted molar refractivity (Wildman–Crippen MR) is 153 cm³/mol. The van der Waals surface area contributed by atoms with Crippen LogP contribution in [0.25, 0.3) is 11.5 Å². The molecule has 40 heavy (non-hydrogen) atoms. The number of carbonyl (C=O) groups is 1. The first kappa shape index (κ1) is 29.3. The third-order valence-electron chi connectivity index (χ3n) is 6.77. The lowest BCUT2D eigenvalue weighted by molar-refractivity contribution is 0.0443. The minimum atomic E-state index is -3.57. The van der Waals surface area contributed by atoms with Gasteiger partial charge in [0.2, 0.25) is 21.8 Å². The van der Waals surface area contributed by atoms with E-state index in [1.54, 1.807) is 39.8 Å². The number of benzene rings is 1. The van der Waals surface area contributed by atoms with E-state index in [-0.39, 0.29) is 17.6 Å². The number of hydrogen-bond acceptors (Lipinski definition) is 9. The lowest BCUT2D eigenvalue weighted by Crippen LogP contribution is -2.47. The number of anilines is 2. The van der Waals surface area contributed by atoms with Crippen molar-refractivity contribution < 1.29 is 22.4 Å². The van der Waals surface area contributed by atoms with Crippen molar-refractivity contribution in [1.29, 1.82) is 0 Å². The van der Waals surface area contributed by atoms with E-state index in [0.29, 0.717) is 29.6 Å². The van der Waals surface area contributed by atoms with Gasteiger partial charge in [0.05, 0.1) is 6.26 Å². The van der Waals surface area contributed by atoms with Gasteiger partial charge in [0, 0.05) is 25.6 Å². The normalized spacial score (nSPS) is 18.5. The molecule has 2 heterocycles. The summed E-state index contributed by atoms with van der Waals surface area (Å²) < 4.78 is 37.3. The van der Waals surface area contributed by atoms with Crippen LogP contribution in [0.4, 0.5) is 16.4 Å². The summed E-state index contributed by atoms with van der Waals surface area (Å²) in [7, 11) is -2.13. The van der Waals surface area contributed by atoms with Crippen LogP contribution in [0.3, 0.4) is 0 Å². The largest absolute Gasteiger partial charge is 0.444 e. The zero-order valence-corrected chi connectivity index (χ0v) is 24.9. The van der Waals surface area contributed by atoms with E-state index in [4.69, 9.17) is 9.15 Å². The summed E-state index contributed by atoms with van der Waals surface area (Å²) in [5.41, 5.74) is -0.358. The van der Waals surface area contributed by atoms with Crippen molar-refractivity contribution in [3.8, 4) is 11.5 Å². The molecule has 2 aromatic heterocycles. The number of carbonyl (C=O) groups excluding carboxylic acids is 1. The summed E-state index contributed by atoms with van der Waals surface area (Å²) in [6.45, 7) is 10.1. The van der Waals surface area contributed by atoms with Gasteiger partial charge < -0.3 is 19.8 Å². The number of nitrogens with one attached hydrogen (secondary N) is 2. The van der Waals surface area contributed by atoms with Crippen LogP contribution in [-0.4, -0.2) is 55.1 Å². The van der Waals surface area contributed by atoms with Crippen molar-refractivity contribution in [2.75, 3.05) is 29.5 Å². The van der Waals surface area contributed by atoms with Gasteiger partial charge in [-0.15, -0.1) is 10.2 Å². The summed E-state index contributed by atoms with van der Waals surface area (Å²) in [6.07, 6.45) is 2.00. The quantitative estimate of drug-likeness (QED) is 0.358. The average Bonchev–Trinajstić information content (AvgIpc) is 3.33. The fraction of sp³-hybridized carbons (Fsp3) is 0.500. The zero-order valence-electron chi connectivity index (χ0n) is 24.1. The van der Waals surface area contributed by atoms with E-state index in [9.17, 15) is 13.2 Å². The molecule has 1 saturated carbocycles. The maximum absolute atomic E-state index is 12.8. The molecule has 1 fully saturated rings. The Morgan fingerprint density at radius 3 is 2.42 bits per heavy atom. The highest BCUT2D eigenvalue weighted by atomic mass is 32.2. The highest BCUT2D eigenvalue weighted by Crippen LogP contribution is 2.38. The molecule has 1 aliphatic carbocycles. The second-order valence-corrected chi connectivity index (χ2v) is 13.7. The fourth-order valence-electron chi connectivity index (χ4n) is 4.25. The SMILES string of the molecule is C[C@@H]1C[C@H]1CNc1cc(-c2nnc([C@@](C)(Cc3ccccc3)NC(=O)OC(C)(C)C)o2)cc(N(C)S(C)(=O)=O)n1. The summed E-state index contributed by atoms with van der Waals surface area (Å²) >= 11 is 0. The maximum atomic E-state index is 12.8. The van der Waals surface area contributed by atoms with Gasteiger partial charge in [0.25, 0.3) is 0 Å². The summed E-state index contributed by atoms with van der Waals surface area (Å²) in [5, 5.41) is 14.8. The fourth-order valence-corrected chi connectivity index (χ4v) is 4.68. The van der Waals surface area contributed by atoms with Crippen LogP contribution in [0.15, 0.2) is 46.9 Å². The maximum Gasteiger partial charge on any atom is 0.408 e. The molecular weight excluding hydrogens is 532 g/mol. The topological polar surface area (TPSA) is 140 Å². The Balaban J connectivity index is 1.69. The molecule has 1 aromatic carbocycles. The molecule has 216 valence electrons. The lowest BCUT2D eigenvalue weighted by Gasteiger charge is -2.29. The van der Waals surface area contributed by atoms with Crippen molar-refractivity contribution in [2.45, 2.75) is 58.6 Å². The number of rotatable bonds is 10. The molecular formula is C28H38N6O5S. The van der Waals surface area contributed by atoms with E-state index in [2.05, 4.69) is 32.7 Å². The van der Waals surface area contributed by atoms with Gasteiger partial charge in [-0.3, -0.25) is 4.31 Å². The van der Waals surface area contributed by atoms with Gasteiger partial charge in [0.15, 0.2) is 0 Å². The molecule has 0 unspecified atom stereocenters. The van der Waals surface area contributed by atoms with Crippen molar-refractivity contribution in [1.82, 2.24) is 20.5 Å². The van der Waals surface area contributed by atoms with Gasteiger partial charge in [-0.05, 0) is 63.6 Å².